The van der Waals surface area contributed by atoms with Gasteiger partial charge in [0.25, 0.3) is 0 Å². The molecule has 0 aromatic rings. The fourth-order valence-electron chi connectivity index (χ4n) is 3.60. The molecule has 0 aromatic carbocycles. The van der Waals surface area contributed by atoms with Gasteiger partial charge >= 0.3 is 12.0 Å². The highest BCUT2D eigenvalue weighted by Crippen LogP contribution is 2.37. The molecule has 2 aliphatic rings. The van der Waals surface area contributed by atoms with Crippen molar-refractivity contribution in [2.45, 2.75) is 64.3 Å². The molecule has 0 saturated heterocycles. The summed E-state index contributed by atoms with van der Waals surface area (Å²) in [6, 6.07) is -0.0567. The van der Waals surface area contributed by atoms with E-state index >= 15 is 0 Å². The molecule has 0 aliphatic heterocycles. The third-order valence-electron chi connectivity index (χ3n) is 5.07. The Labute approximate surface area is 120 Å². The summed E-state index contributed by atoms with van der Waals surface area (Å²) >= 11 is 0. The van der Waals surface area contributed by atoms with Crippen LogP contribution in [0.3, 0.4) is 0 Å². The van der Waals surface area contributed by atoms with E-state index in [-0.39, 0.29) is 18.6 Å². The molecule has 1 unspecified atom stereocenters. The summed E-state index contributed by atoms with van der Waals surface area (Å²) in [5, 5.41) is 15.1. The molecule has 2 aliphatic carbocycles. The monoisotopic (exact) mass is 282 g/mol. The fourth-order valence-corrected chi connectivity index (χ4v) is 3.60. The molecular weight excluding hydrogens is 256 g/mol. The maximum absolute atomic E-state index is 11.9. The van der Waals surface area contributed by atoms with E-state index in [1.807, 2.05) is 6.92 Å². The minimum absolute atomic E-state index is 0.168. The first-order valence-corrected chi connectivity index (χ1v) is 7.81. The Morgan fingerprint density at radius 3 is 2.35 bits per heavy atom. The predicted octanol–water partition coefficient (Wildman–Crippen LogP) is 2.51. The van der Waals surface area contributed by atoms with E-state index in [0.717, 1.165) is 12.8 Å². The highest BCUT2D eigenvalue weighted by molar-refractivity contribution is 5.78. The molecule has 20 heavy (non-hydrogen) atoms. The van der Waals surface area contributed by atoms with Gasteiger partial charge in [0.05, 0.1) is 5.41 Å². The van der Waals surface area contributed by atoms with Gasteiger partial charge in [0, 0.05) is 12.6 Å². The van der Waals surface area contributed by atoms with Crippen LogP contribution in [0.15, 0.2) is 0 Å². The van der Waals surface area contributed by atoms with Gasteiger partial charge in [-0.1, -0.05) is 25.7 Å². The van der Waals surface area contributed by atoms with E-state index in [1.54, 1.807) is 0 Å². The molecular formula is C15H26N2O3. The van der Waals surface area contributed by atoms with Crippen LogP contribution < -0.4 is 10.6 Å². The van der Waals surface area contributed by atoms with E-state index in [0.29, 0.717) is 18.8 Å². The van der Waals surface area contributed by atoms with Crippen molar-refractivity contribution < 1.29 is 14.7 Å². The molecule has 2 fully saturated rings. The molecule has 2 rings (SSSR count). The Balaban J connectivity index is 1.77. The second kappa shape index (κ2) is 6.46. The number of carboxylic acids is 1. The lowest BCUT2D eigenvalue weighted by Gasteiger charge is -2.25. The fraction of sp³-hybridized carbons (Fsp3) is 0.867. The Hall–Kier alpha value is -1.26. The quantitative estimate of drug-likeness (QED) is 0.725. The van der Waals surface area contributed by atoms with E-state index < -0.39 is 11.4 Å². The number of carboxylic acid groups (broad SMARTS) is 1. The van der Waals surface area contributed by atoms with Crippen molar-refractivity contribution in [3.8, 4) is 0 Å². The zero-order valence-electron chi connectivity index (χ0n) is 12.3. The normalized spacial score (nSPS) is 23.4. The smallest absolute Gasteiger partial charge is 0.315 e. The summed E-state index contributed by atoms with van der Waals surface area (Å²) in [5.74, 6) is -0.209. The van der Waals surface area contributed by atoms with Crippen molar-refractivity contribution >= 4 is 12.0 Å². The molecule has 3 N–H and O–H groups in total. The molecule has 5 nitrogen and oxygen atoms in total. The van der Waals surface area contributed by atoms with Gasteiger partial charge in [-0.25, -0.2) is 4.79 Å². The average Bonchev–Trinajstić information content (AvgIpc) is 3.08. The highest BCUT2D eigenvalue weighted by Gasteiger charge is 2.41. The highest BCUT2D eigenvalue weighted by atomic mass is 16.4. The Bertz CT molecular complexity index is 358. The van der Waals surface area contributed by atoms with Gasteiger partial charge in [-0.2, -0.15) is 0 Å². The van der Waals surface area contributed by atoms with Crippen LogP contribution >= 0.6 is 0 Å². The van der Waals surface area contributed by atoms with Crippen LogP contribution in [0.4, 0.5) is 4.79 Å². The number of nitrogens with one attached hydrogen (secondary N) is 2. The molecule has 1 atom stereocenters. The second-order valence-corrected chi connectivity index (χ2v) is 6.45. The maximum Gasteiger partial charge on any atom is 0.315 e. The SMILES string of the molecule is CC(NC(=O)NCC1(C(=O)O)CCCC1)C1CCCC1. The van der Waals surface area contributed by atoms with Crippen LogP contribution in [0, 0.1) is 11.3 Å². The lowest BCUT2D eigenvalue weighted by molar-refractivity contribution is -0.148. The number of carbonyl (C=O) groups is 2. The molecule has 0 bridgehead atoms. The summed E-state index contributed by atoms with van der Waals surface area (Å²) in [6.45, 7) is 2.28. The van der Waals surface area contributed by atoms with Crippen LogP contribution in [0.5, 0.6) is 0 Å². The molecule has 0 heterocycles. The van der Waals surface area contributed by atoms with E-state index in [1.165, 1.54) is 25.7 Å². The maximum atomic E-state index is 11.9. The van der Waals surface area contributed by atoms with Crippen molar-refractivity contribution in [3.63, 3.8) is 0 Å². The number of hydrogen-bond acceptors (Lipinski definition) is 2. The second-order valence-electron chi connectivity index (χ2n) is 6.45. The van der Waals surface area contributed by atoms with Crippen LogP contribution in [0.2, 0.25) is 0 Å². The Morgan fingerprint density at radius 1 is 1.20 bits per heavy atom. The van der Waals surface area contributed by atoms with Gasteiger partial charge in [-0.05, 0) is 38.5 Å². The largest absolute Gasteiger partial charge is 0.481 e. The molecule has 0 spiro atoms. The zero-order valence-corrected chi connectivity index (χ0v) is 12.3. The van der Waals surface area contributed by atoms with Crippen LogP contribution in [-0.4, -0.2) is 29.7 Å². The topological polar surface area (TPSA) is 78.4 Å². The van der Waals surface area contributed by atoms with Gasteiger partial charge in [0.15, 0.2) is 0 Å². The van der Waals surface area contributed by atoms with E-state index in [2.05, 4.69) is 10.6 Å². The van der Waals surface area contributed by atoms with Crippen molar-refractivity contribution in [2.75, 3.05) is 6.54 Å². The standard InChI is InChI=1S/C15H26N2O3/c1-11(12-6-2-3-7-12)17-14(20)16-10-15(13(18)19)8-4-5-9-15/h11-12H,2-10H2,1H3,(H,18,19)(H2,16,17,20). The lowest BCUT2D eigenvalue weighted by Crippen LogP contribution is -2.48. The van der Waals surface area contributed by atoms with E-state index in [4.69, 9.17) is 0 Å². The minimum atomic E-state index is -0.779. The summed E-state index contributed by atoms with van der Waals surface area (Å²) in [7, 11) is 0. The van der Waals surface area contributed by atoms with Crippen LogP contribution in [0.1, 0.15) is 58.3 Å². The summed E-state index contributed by atoms with van der Waals surface area (Å²) < 4.78 is 0. The van der Waals surface area contributed by atoms with Gasteiger partial charge in [0.2, 0.25) is 0 Å². The number of hydrogen-bond donors (Lipinski definition) is 3. The lowest BCUT2D eigenvalue weighted by atomic mass is 9.86. The molecule has 2 saturated carbocycles. The molecule has 5 heteroatoms. The number of aliphatic carboxylic acids is 1. The first-order chi connectivity index (χ1) is 9.53. The van der Waals surface area contributed by atoms with Crippen molar-refractivity contribution in [1.29, 1.82) is 0 Å². The van der Waals surface area contributed by atoms with Crippen molar-refractivity contribution in [3.05, 3.63) is 0 Å². The molecule has 0 aromatic heterocycles. The summed E-state index contributed by atoms with van der Waals surface area (Å²) in [5.41, 5.74) is -0.742. The number of urea groups is 1. The number of rotatable bonds is 5. The molecule has 0 radical (unpaired) electrons. The molecule has 114 valence electrons. The summed E-state index contributed by atoms with van der Waals surface area (Å²) in [4.78, 5) is 23.3. The van der Waals surface area contributed by atoms with Gasteiger partial charge in [0.1, 0.15) is 0 Å². The molecule has 2 amide bonds. The third kappa shape index (κ3) is 3.44. The van der Waals surface area contributed by atoms with E-state index in [9.17, 15) is 14.7 Å². The Kier molecular flexibility index (Phi) is 4.89. The third-order valence-corrected chi connectivity index (χ3v) is 5.07. The first-order valence-electron chi connectivity index (χ1n) is 7.81. The van der Waals surface area contributed by atoms with Gasteiger partial charge < -0.3 is 15.7 Å². The zero-order chi connectivity index (χ0) is 14.6. The summed E-state index contributed by atoms with van der Waals surface area (Å²) in [6.07, 6.45) is 8.08. The Morgan fingerprint density at radius 2 is 1.80 bits per heavy atom. The number of carbonyl (C=O) groups excluding carboxylic acids is 1. The van der Waals surface area contributed by atoms with Crippen molar-refractivity contribution in [1.82, 2.24) is 10.6 Å². The predicted molar refractivity (Wildman–Crippen MR) is 76.5 cm³/mol. The minimum Gasteiger partial charge on any atom is -0.481 e. The first kappa shape index (κ1) is 15.1. The van der Waals surface area contributed by atoms with Crippen LogP contribution in [-0.2, 0) is 4.79 Å². The van der Waals surface area contributed by atoms with Gasteiger partial charge in [-0.15, -0.1) is 0 Å². The van der Waals surface area contributed by atoms with Crippen LogP contribution in [0.25, 0.3) is 0 Å². The number of amides is 2. The van der Waals surface area contributed by atoms with Gasteiger partial charge in [-0.3, -0.25) is 4.79 Å². The average molecular weight is 282 g/mol. The van der Waals surface area contributed by atoms with Crippen molar-refractivity contribution in [2.24, 2.45) is 11.3 Å².